The summed E-state index contributed by atoms with van der Waals surface area (Å²) in [6.07, 6.45) is 1.31. The molecule has 1 amide bonds. The van der Waals surface area contributed by atoms with E-state index in [0.29, 0.717) is 19.6 Å². The van der Waals surface area contributed by atoms with Gasteiger partial charge < -0.3 is 14.5 Å². The summed E-state index contributed by atoms with van der Waals surface area (Å²) in [5.41, 5.74) is 0.621. The summed E-state index contributed by atoms with van der Waals surface area (Å²) in [5.74, 6) is 0. The molecule has 33 heavy (non-hydrogen) atoms. The number of benzene rings is 1. The number of alkyl halides is 3. The highest BCUT2D eigenvalue weighted by Gasteiger charge is 2.44. The third kappa shape index (κ3) is 5.42. The molecule has 3 heterocycles. The van der Waals surface area contributed by atoms with Crippen LogP contribution in [0.3, 0.4) is 0 Å². The minimum Gasteiger partial charge on any atom is -0.444 e. The average molecular weight is 468 g/mol. The molecule has 0 saturated carbocycles. The van der Waals surface area contributed by atoms with E-state index in [1.807, 2.05) is 20.8 Å². The lowest BCUT2D eigenvalue weighted by Crippen LogP contribution is -2.53. The highest BCUT2D eigenvalue weighted by Crippen LogP contribution is 2.41. The van der Waals surface area contributed by atoms with Gasteiger partial charge in [-0.1, -0.05) is 6.07 Å². The summed E-state index contributed by atoms with van der Waals surface area (Å²) >= 11 is 0. The first-order chi connectivity index (χ1) is 15.5. The van der Waals surface area contributed by atoms with Crippen molar-refractivity contribution in [1.82, 2.24) is 9.80 Å². The maximum atomic E-state index is 13.4. The zero-order valence-electron chi connectivity index (χ0n) is 20.0. The SMILES string of the molecule is CC(C)(C)OC(=O)N1CCC2(CCCN2Cc2ccc(C(F)(F)F)cc2N2CCCC2)CC1. The van der Waals surface area contributed by atoms with Gasteiger partial charge in [-0.3, -0.25) is 4.90 Å². The summed E-state index contributed by atoms with van der Waals surface area (Å²) in [7, 11) is 0. The topological polar surface area (TPSA) is 36.0 Å². The first-order valence-corrected chi connectivity index (χ1v) is 12.1. The van der Waals surface area contributed by atoms with Crippen molar-refractivity contribution in [2.24, 2.45) is 0 Å². The van der Waals surface area contributed by atoms with Gasteiger partial charge in [0.05, 0.1) is 5.56 Å². The second kappa shape index (κ2) is 9.01. The molecule has 0 N–H and O–H groups in total. The zero-order chi connectivity index (χ0) is 23.9. The van der Waals surface area contributed by atoms with E-state index in [1.54, 1.807) is 11.0 Å². The molecular formula is C25H36F3N3O2. The molecule has 0 bridgehead atoms. The van der Waals surface area contributed by atoms with Gasteiger partial charge in [0.15, 0.2) is 0 Å². The lowest BCUT2D eigenvalue weighted by atomic mass is 9.84. The molecule has 3 aliphatic rings. The number of likely N-dealkylation sites (tertiary alicyclic amines) is 2. The Balaban J connectivity index is 1.49. The normalized spacial score (nSPS) is 21.8. The number of hydrogen-bond donors (Lipinski definition) is 0. The van der Waals surface area contributed by atoms with Crippen LogP contribution >= 0.6 is 0 Å². The van der Waals surface area contributed by atoms with Crippen molar-refractivity contribution in [3.63, 3.8) is 0 Å². The number of anilines is 1. The van der Waals surface area contributed by atoms with Gasteiger partial charge in [0.2, 0.25) is 0 Å². The van der Waals surface area contributed by atoms with Crippen LogP contribution in [0.15, 0.2) is 18.2 Å². The first-order valence-electron chi connectivity index (χ1n) is 12.1. The van der Waals surface area contributed by atoms with Crippen molar-refractivity contribution in [1.29, 1.82) is 0 Å². The maximum absolute atomic E-state index is 13.4. The van der Waals surface area contributed by atoms with Crippen LogP contribution in [-0.2, 0) is 17.5 Å². The van der Waals surface area contributed by atoms with E-state index in [2.05, 4.69) is 9.80 Å². The number of carbonyl (C=O) groups is 1. The standard InChI is InChI=1S/C25H36F3N3O2/c1-23(2,3)33-22(32)30-15-10-24(11-16-30)9-6-14-31(24)18-19-7-8-20(25(26,27)28)17-21(19)29-12-4-5-13-29/h7-8,17H,4-6,9-16,18H2,1-3H3. The molecule has 1 aromatic rings. The minimum atomic E-state index is -4.34. The smallest absolute Gasteiger partial charge is 0.416 e. The molecule has 1 spiro atoms. The minimum absolute atomic E-state index is 0.00346. The maximum Gasteiger partial charge on any atom is 0.416 e. The van der Waals surface area contributed by atoms with E-state index >= 15 is 0 Å². The van der Waals surface area contributed by atoms with Crippen LogP contribution < -0.4 is 4.90 Å². The van der Waals surface area contributed by atoms with E-state index < -0.39 is 17.3 Å². The third-order valence-electron chi connectivity index (χ3n) is 7.31. The fourth-order valence-electron chi connectivity index (χ4n) is 5.57. The number of halogens is 3. The lowest BCUT2D eigenvalue weighted by Gasteiger charge is -2.45. The van der Waals surface area contributed by atoms with Gasteiger partial charge in [0.1, 0.15) is 5.60 Å². The number of ether oxygens (including phenoxy) is 1. The monoisotopic (exact) mass is 467 g/mol. The molecule has 184 valence electrons. The summed E-state index contributed by atoms with van der Waals surface area (Å²) in [6, 6.07) is 4.25. The van der Waals surface area contributed by atoms with E-state index in [-0.39, 0.29) is 11.6 Å². The summed E-state index contributed by atoms with van der Waals surface area (Å²) < 4.78 is 45.8. The number of amides is 1. The van der Waals surface area contributed by atoms with Crippen LogP contribution in [0.4, 0.5) is 23.7 Å². The molecule has 0 aliphatic carbocycles. The van der Waals surface area contributed by atoms with E-state index in [9.17, 15) is 18.0 Å². The number of piperidine rings is 1. The van der Waals surface area contributed by atoms with Gasteiger partial charge in [-0.05, 0) is 83.5 Å². The Morgan fingerprint density at radius 1 is 0.970 bits per heavy atom. The number of hydrogen-bond acceptors (Lipinski definition) is 4. The van der Waals surface area contributed by atoms with Crippen molar-refractivity contribution in [3.8, 4) is 0 Å². The average Bonchev–Trinajstić information content (AvgIpc) is 3.38. The summed E-state index contributed by atoms with van der Waals surface area (Å²) in [5, 5.41) is 0. The Morgan fingerprint density at radius 3 is 2.24 bits per heavy atom. The molecule has 3 saturated heterocycles. The van der Waals surface area contributed by atoms with Crippen molar-refractivity contribution in [2.75, 3.05) is 37.6 Å². The molecule has 3 fully saturated rings. The van der Waals surface area contributed by atoms with Crippen LogP contribution in [0, 0.1) is 0 Å². The molecule has 0 unspecified atom stereocenters. The van der Waals surface area contributed by atoms with Crippen molar-refractivity contribution in [2.45, 2.75) is 83.2 Å². The highest BCUT2D eigenvalue weighted by atomic mass is 19.4. The fraction of sp³-hybridized carbons (Fsp3) is 0.720. The second-order valence-corrected chi connectivity index (χ2v) is 10.8. The number of carbonyl (C=O) groups excluding carboxylic acids is 1. The molecule has 0 atom stereocenters. The molecule has 8 heteroatoms. The fourth-order valence-corrected chi connectivity index (χ4v) is 5.57. The van der Waals surface area contributed by atoms with Crippen LogP contribution in [-0.4, -0.2) is 59.8 Å². The second-order valence-electron chi connectivity index (χ2n) is 10.8. The van der Waals surface area contributed by atoms with E-state index in [4.69, 9.17) is 4.74 Å². The van der Waals surface area contributed by atoms with Crippen molar-refractivity contribution in [3.05, 3.63) is 29.3 Å². The zero-order valence-corrected chi connectivity index (χ0v) is 20.0. The van der Waals surface area contributed by atoms with Crippen LogP contribution in [0.5, 0.6) is 0 Å². The molecule has 3 aliphatic heterocycles. The van der Waals surface area contributed by atoms with Crippen LogP contribution in [0.2, 0.25) is 0 Å². The van der Waals surface area contributed by atoms with Gasteiger partial charge >= 0.3 is 12.3 Å². The van der Waals surface area contributed by atoms with Gasteiger partial charge in [-0.25, -0.2) is 4.79 Å². The Kier molecular flexibility index (Phi) is 6.60. The molecule has 0 radical (unpaired) electrons. The molecule has 1 aromatic carbocycles. The molecular weight excluding hydrogens is 431 g/mol. The number of rotatable bonds is 3. The third-order valence-corrected chi connectivity index (χ3v) is 7.31. The van der Waals surface area contributed by atoms with Gasteiger partial charge in [-0.2, -0.15) is 13.2 Å². The van der Waals surface area contributed by atoms with E-state index in [1.165, 1.54) is 12.1 Å². The Hall–Kier alpha value is -1.96. The van der Waals surface area contributed by atoms with Crippen molar-refractivity contribution >= 4 is 11.8 Å². The lowest BCUT2D eigenvalue weighted by molar-refractivity contribution is -0.137. The molecule has 4 rings (SSSR count). The summed E-state index contributed by atoms with van der Waals surface area (Å²) in [4.78, 5) is 18.8. The van der Waals surface area contributed by atoms with Gasteiger partial charge in [0, 0.05) is 44.0 Å². The van der Waals surface area contributed by atoms with Crippen molar-refractivity contribution < 1.29 is 22.7 Å². The van der Waals surface area contributed by atoms with E-state index in [0.717, 1.165) is 69.4 Å². The largest absolute Gasteiger partial charge is 0.444 e. The Bertz CT molecular complexity index is 851. The molecule has 0 aromatic heterocycles. The van der Waals surface area contributed by atoms with Crippen LogP contribution in [0.1, 0.15) is 70.4 Å². The quantitative estimate of drug-likeness (QED) is 0.574. The Labute approximate surface area is 194 Å². The van der Waals surface area contributed by atoms with Crippen LogP contribution in [0.25, 0.3) is 0 Å². The van der Waals surface area contributed by atoms with Gasteiger partial charge in [-0.15, -0.1) is 0 Å². The number of nitrogens with zero attached hydrogens (tertiary/aromatic N) is 3. The predicted molar refractivity (Wildman–Crippen MR) is 122 cm³/mol. The van der Waals surface area contributed by atoms with Gasteiger partial charge in [0.25, 0.3) is 0 Å². The predicted octanol–water partition coefficient (Wildman–Crippen LogP) is 5.67. The molecule has 5 nitrogen and oxygen atoms in total. The first kappa shape index (κ1) is 24.2. The highest BCUT2D eigenvalue weighted by molar-refractivity contribution is 5.68. The Morgan fingerprint density at radius 2 is 1.64 bits per heavy atom. The summed E-state index contributed by atoms with van der Waals surface area (Å²) in [6.45, 7) is 10.1.